The van der Waals surface area contributed by atoms with Gasteiger partial charge in [0.05, 0.1) is 0 Å². The van der Waals surface area contributed by atoms with Crippen LogP contribution in [0.1, 0.15) is 5.56 Å². The van der Waals surface area contributed by atoms with Gasteiger partial charge in [0.1, 0.15) is 0 Å². The summed E-state index contributed by atoms with van der Waals surface area (Å²) in [5.41, 5.74) is 1.32. The maximum absolute atomic E-state index is 13.7. The van der Waals surface area contributed by atoms with E-state index in [4.69, 9.17) is 0 Å². The van der Waals surface area contributed by atoms with Crippen LogP contribution < -0.4 is 0 Å². The van der Waals surface area contributed by atoms with Gasteiger partial charge in [-0.25, -0.2) is 8.78 Å². The Morgan fingerprint density at radius 1 is 0.875 bits per heavy atom. The van der Waals surface area contributed by atoms with Gasteiger partial charge in [0, 0.05) is 9.13 Å². The Morgan fingerprint density at radius 3 is 2.12 bits per heavy atom. The van der Waals surface area contributed by atoms with Gasteiger partial charge in [-0.1, -0.05) is 24.3 Å². The third-order valence-electron chi connectivity index (χ3n) is 2.43. The molecule has 0 saturated carbocycles. The van der Waals surface area contributed by atoms with Crippen molar-refractivity contribution in [2.45, 2.75) is 6.92 Å². The van der Waals surface area contributed by atoms with E-state index in [-0.39, 0.29) is 0 Å². The highest BCUT2D eigenvalue weighted by Gasteiger charge is 2.11. The molecule has 0 fully saturated rings. The van der Waals surface area contributed by atoms with Crippen molar-refractivity contribution in [3.8, 4) is 11.1 Å². The number of aryl methyl sites for hydroxylation is 1. The van der Waals surface area contributed by atoms with Gasteiger partial charge in [-0.05, 0) is 52.8 Å². The fourth-order valence-corrected chi connectivity index (χ4v) is 1.86. The van der Waals surface area contributed by atoms with Crippen LogP contribution >= 0.6 is 22.6 Å². The summed E-state index contributed by atoms with van der Waals surface area (Å²) in [6.07, 6.45) is 0. The second kappa shape index (κ2) is 4.49. The fourth-order valence-electron chi connectivity index (χ4n) is 1.50. The van der Waals surface area contributed by atoms with Gasteiger partial charge in [0.15, 0.2) is 11.6 Å². The Balaban J connectivity index is 2.57. The van der Waals surface area contributed by atoms with E-state index in [9.17, 15) is 8.78 Å². The molecule has 0 bridgehead atoms. The molecule has 0 nitrogen and oxygen atoms in total. The van der Waals surface area contributed by atoms with E-state index < -0.39 is 11.6 Å². The Kier molecular flexibility index (Phi) is 3.23. The predicted octanol–water partition coefficient (Wildman–Crippen LogP) is 4.54. The van der Waals surface area contributed by atoms with E-state index >= 15 is 0 Å². The molecule has 0 heterocycles. The second-order valence-electron chi connectivity index (χ2n) is 3.56. The van der Waals surface area contributed by atoms with Gasteiger partial charge < -0.3 is 0 Å². The summed E-state index contributed by atoms with van der Waals surface area (Å²) < 4.78 is 28.1. The van der Waals surface area contributed by atoms with Crippen LogP contribution in [0.15, 0.2) is 36.4 Å². The lowest BCUT2D eigenvalue weighted by molar-refractivity contribution is 0.505. The Morgan fingerprint density at radius 2 is 1.50 bits per heavy atom. The minimum atomic E-state index is -0.777. The maximum atomic E-state index is 13.7. The molecule has 0 radical (unpaired) electrons. The SMILES string of the molecule is Cc1ccc(-c2ccc(I)cc2)c(F)c1F. The highest BCUT2D eigenvalue weighted by atomic mass is 127. The van der Waals surface area contributed by atoms with E-state index in [1.807, 2.05) is 12.1 Å². The molecule has 0 unspecified atom stereocenters. The van der Waals surface area contributed by atoms with E-state index in [0.29, 0.717) is 16.7 Å². The maximum Gasteiger partial charge on any atom is 0.166 e. The van der Waals surface area contributed by atoms with E-state index in [0.717, 1.165) is 3.57 Å². The van der Waals surface area contributed by atoms with Gasteiger partial charge >= 0.3 is 0 Å². The quantitative estimate of drug-likeness (QED) is 0.673. The summed E-state index contributed by atoms with van der Waals surface area (Å²) in [5, 5.41) is 0. The standard InChI is InChI=1S/C13H9F2I/c1-8-2-7-11(13(15)12(8)14)9-3-5-10(16)6-4-9/h2-7H,1H3. The number of rotatable bonds is 1. The number of hydrogen-bond donors (Lipinski definition) is 0. The molecule has 0 aliphatic carbocycles. The Labute approximate surface area is 106 Å². The van der Waals surface area contributed by atoms with Gasteiger partial charge in [-0.15, -0.1) is 0 Å². The Bertz CT molecular complexity index is 518. The largest absolute Gasteiger partial charge is 0.203 e. The molecule has 3 heteroatoms. The minimum absolute atomic E-state index is 0.305. The van der Waals surface area contributed by atoms with Crippen LogP contribution in [0.2, 0.25) is 0 Å². The fraction of sp³-hybridized carbons (Fsp3) is 0.0769. The molecule has 16 heavy (non-hydrogen) atoms. The van der Waals surface area contributed by atoms with Crippen molar-refractivity contribution in [2.24, 2.45) is 0 Å². The molecule has 0 atom stereocenters. The summed E-state index contributed by atoms with van der Waals surface area (Å²) in [7, 11) is 0. The lowest BCUT2D eigenvalue weighted by Crippen LogP contribution is -1.92. The molecule has 0 aliphatic rings. The lowest BCUT2D eigenvalue weighted by Gasteiger charge is -2.06. The molecule has 0 N–H and O–H groups in total. The zero-order valence-electron chi connectivity index (χ0n) is 8.60. The first-order chi connectivity index (χ1) is 7.59. The van der Waals surface area contributed by atoms with Crippen molar-refractivity contribution in [3.05, 3.63) is 57.2 Å². The summed E-state index contributed by atoms with van der Waals surface area (Å²) >= 11 is 2.17. The number of hydrogen-bond acceptors (Lipinski definition) is 0. The lowest BCUT2D eigenvalue weighted by atomic mass is 10.0. The average molecular weight is 330 g/mol. The van der Waals surface area contributed by atoms with Crippen LogP contribution in [-0.2, 0) is 0 Å². The molecule has 0 aromatic heterocycles. The first kappa shape index (κ1) is 11.5. The molecular formula is C13H9F2I. The minimum Gasteiger partial charge on any atom is -0.203 e. The Hall–Kier alpha value is -0.970. The molecule has 0 amide bonds. The zero-order chi connectivity index (χ0) is 11.7. The third kappa shape index (κ3) is 2.09. The summed E-state index contributed by atoms with van der Waals surface area (Å²) in [6.45, 7) is 1.55. The van der Waals surface area contributed by atoms with Gasteiger partial charge in [0.25, 0.3) is 0 Å². The van der Waals surface area contributed by atoms with Gasteiger partial charge in [0.2, 0.25) is 0 Å². The molecule has 2 aromatic carbocycles. The van der Waals surface area contributed by atoms with Crippen molar-refractivity contribution in [2.75, 3.05) is 0 Å². The molecular weight excluding hydrogens is 321 g/mol. The van der Waals surface area contributed by atoms with Crippen molar-refractivity contribution < 1.29 is 8.78 Å². The highest BCUT2D eigenvalue weighted by Crippen LogP contribution is 2.26. The van der Waals surface area contributed by atoms with Crippen molar-refractivity contribution in [1.29, 1.82) is 0 Å². The molecule has 0 aliphatic heterocycles. The second-order valence-corrected chi connectivity index (χ2v) is 4.81. The van der Waals surface area contributed by atoms with Crippen molar-refractivity contribution >= 4 is 22.6 Å². The van der Waals surface area contributed by atoms with Gasteiger partial charge in [-0.3, -0.25) is 0 Å². The molecule has 82 valence electrons. The summed E-state index contributed by atoms with van der Waals surface area (Å²) in [4.78, 5) is 0. The van der Waals surface area contributed by atoms with E-state index in [1.165, 1.54) is 0 Å². The van der Waals surface area contributed by atoms with E-state index in [1.54, 1.807) is 31.2 Å². The summed E-state index contributed by atoms with van der Waals surface area (Å²) in [5.74, 6) is -1.54. The van der Waals surface area contributed by atoms with E-state index in [2.05, 4.69) is 22.6 Å². The zero-order valence-corrected chi connectivity index (χ0v) is 10.8. The molecule has 2 aromatic rings. The topological polar surface area (TPSA) is 0 Å². The van der Waals surface area contributed by atoms with Crippen molar-refractivity contribution in [3.63, 3.8) is 0 Å². The molecule has 2 rings (SSSR count). The molecule has 0 spiro atoms. The van der Waals surface area contributed by atoms with Crippen LogP contribution in [0.4, 0.5) is 8.78 Å². The third-order valence-corrected chi connectivity index (χ3v) is 3.15. The monoisotopic (exact) mass is 330 g/mol. The van der Waals surface area contributed by atoms with Crippen LogP contribution in [0.25, 0.3) is 11.1 Å². The molecule has 0 saturated heterocycles. The smallest absolute Gasteiger partial charge is 0.166 e. The first-order valence-electron chi connectivity index (χ1n) is 4.80. The number of halogens is 3. The predicted molar refractivity (Wildman–Crippen MR) is 69.2 cm³/mol. The van der Waals surface area contributed by atoms with Crippen LogP contribution in [0, 0.1) is 22.1 Å². The summed E-state index contributed by atoms with van der Waals surface area (Å²) in [6, 6.07) is 10.5. The highest BCUT2D eigenvalue weighted by molar-refractivity contribution is 14.1. The van der Waals surface area contributed by atoms with Crippen molar-refractivity contribution in [1.82, 2.24) is 0 Å². The van der Waals surface area contributed by atoms with Gasteiger partial charge in [-0.2, -0.15) is 0 Å². The van der Waals surface area contributed by atoms with Crippen LogP contribution in [-0.4, -0.2) is 0 Å². The first-order valence-corrected chi connectivity index (χ1v) is 5.88. The van der Waals surface area contributed by atoms with Crippen LogP contribution in [0.5, 0.6) is 0 Å². The van der Waals surface area contributed by atoms with Crippen LogP contribution in [0.3, 0.4) is 0 Å². The average Bonchev–Trinajstić information content (AvgIpc) is 2.28. The number of benzene rings is 2. The normalized spacial score (nSPS) is 10.5.